The Morgan fingerprint density at radius 2 is 1.81 bits per heavy atom. The molecule has 3 heteroatoms. The smallest absolute Gasteiger partial charge is 0.183 e. The summed E-state index contributed by atoms with van der Waals surface area (Å²) in [5, 5.41) is 9.70. The van der Waals surface area contributed by atoms with Gasteiger partial charge < -0.3 is 5.11 Å². The SMILES string of the molecule is CC(C)c1cc(C(C)(C)C)c(Cl)c(F)c1O. The molecular weight excluding hydrogens is 227 g/mol. The fourth-order valence-corrected chi connectivity index (χ4v) is 2.05. The van der Waals surface area contributed by atoms with Gasteiger partial charge in [0.1, 0.15) is 0 Å². The number of aromatic hydroxyl groups is 1. The molecule has 0 aliphatic heterocycles. The summed E-state index contributed by atoms with van der Waals surface area (Å²) in [5.74, 6) is -0.973. The normalized spacial score (nSPS) is 12.2. The van der Waals surface area contributed by atoms with Crippen LogP contribution in [0.25, 0.3) is 0 Å². The topological polar surface area (TPSA) is 20.2 Å². The van der Waals surface area contributed by atoms with E-state index >= 15 is 0 Å². The van der Waals surface area contributed by atoms with Gasteiger partial charge in [-0.2, -0.15) is 0 Å². The van der Waals surface area contributed by atoms with Crippen LogP contribution in [-0.4, -0.2) is 5.11 Å². The van der Waals surface area contributed by atoms with Crippen LogP contribution in [0.4, 0.5) is 4.39 Å². The Kier molecular flexibility index (Phi) is 3.53. The first-order valence-electron chi connectivity index (χ1n) is 5.37. The predicted octanol–water partition coefficient (Wildman–Crippen LogP) is 4.61. The Labute approximate surface area is 101 Å². The van der Waals surface area contributed by atoms with Crippen molar-refractivity contribution >= 4 is 11.6 Å². The van der Waals surface area contributed by atoms with E-state index in [4.69, 9.17) is 11.6 Å². The van der Waals surface area contributed by atoms with Crippen molar-refractivity contribution in [1.82, 2.24) is 0 Å². The van der Waals surface area contributed by atoms with Crippen molar-refractivity contribution in [2.24, 2.45) is 0 Å². The van der Waals surface area contributed by atoms with E-state index in [0.717, 1.165) is 5.56 Å². The molecule has 0 amide bonds. The van der Waals surface area contributed by atoms with E-state index < -0.39 is 5.82 Å². The van der Waals surface area contributed by atoms with Gasteiger partial charge >= 0.3 is 0 Å². The van der Waals surface area contributed by atoms with Crippen LogP contribution in [0.3, 0.4) is 0 Å². The number of phenolic OH excluding ortho intramolecular Hbond substituents is 1. The maximum atomic E-state index is 13.8. The minimum atomic E-state index is -0.710. The van der Waals surface area contributed by atoms with Crippen molar-refractivity contribution in [3.05, 3.63) is 28.0 Å². The lowest BCUT2D eigenvalue weighted by Crippen LogP contribution is -2.13. The molecule has 0 aliphatic rings. The average Bonchev–Trinajstić information content (AvgIpc) is 2.11. The summed E-state index contributed by atoms with van der Waals surface area (Å²) < 4.78 is 13.8. The Morgan fingerprint density at radius 1 is 1.31 bits per heavy atom. The molecular formula is C13H18ClFO. The van der Waals surface area contributed by atoms with E-state index in [1.54, 1.807) is 6.07 Å². The number of rotatable bonds is 1. The first kappa shape index (κ1) is 13.3. The van der Waals surface area contributed by atoms with Gasteiger partial charge in [-0.3, -0.25) is 0 Å². The van der Waals surface area contributed by atoms with Crippen molar-refractivity contribution in [2.45, 2.75) is 46.0 Å². The van der Waals surface area contributed by atoms with E-state index in [1.165, 1.54) is 0 Å². The lowest BCUT2D eigenvalue weighted by molar-refractivity contribution is 0.420. The lowest BCUT2D eigenvalue weighted by Gasteiger charge is -2.23. The Bertz CT molecular complexity index is 405. The van der Waals surface area contributed by atoms with Gasteiger partial charge in [-0.05, 0) is 28.5 Å². The minimum Gasteiger partial charge on any atom is -0.505 e. The van der Waals surface area contributed by atoms with Gasteiger partial charge in [-0.15, -0.1) is 0 Å². The van der Waals surface area contributed by atoms with Crippen molar-refractivity contribution in [3.63, 3.8) is 0 Å². The maximum Gasteiger partial charge on any atom is 0.183 e. The molecule has 0 spiro atoms. The average molecular weight is 245 g/mol. The third-order valence-corrected chi connectivity index (χ3v) is 3.01. The number of benzene rings is 1. The first-order valence-corrected chi connectivity index (χ1v) is 5.75. The summed E-state index contributed by atoms with van der Waals surface area (Å²) >= 11 is 5.92. The number of phenols is 1. The van der Waals surface area contributed by atoms with Gasteiger partial charge in [0.15, 0.2) is 11.6 Å². The summed E-state index contributed by atoms with van der Waals surface area (Å²) in [7, 11) is 0. The molecule has 0 unspecified atom stereocenters. The van der Waals surface area contributed by atoms with Crippen LogP contribution >= 0.6 is 11.6 Å². The van der Waals surface area contributed by atoms with Crippen LogP contribution < -0.4 is 0 Å². The van der Waals surface area contributed by atoms with Crippen LogP contribution in [0.2, 0.25) is 5.02 Å². The second-order valence-electron chi connectivity index (χ2n) is 5.39. The molecule has 90 valence electrons. The van der Waals surface area contributed by atoms with Crippen LogP contribution in [0.1, 0.15) is 51.7 Å². The van der Waals surface area contributed by atoms with E-state index in [2.05, 4.69) is 0 Å². The molecule has 0 saturated heterocycles. The molecule has 1 nitrogen and oxygen atoms in total. The van der Waals surface area contributed by atoms with Crippen LogP contribution in [-0.2, 0) is 5.41 Å². The van der Waals surface area contributed by atoms with E-state index in [9.17, 15) is 9.50 Å². The highest BCUT2D eigenvalue weighted by atomic mass is 35.5. The fraction of sp³-hybridized carbons (Fsp3) is 0.538. The van der Waals surface area contributed by atoms with E-state index in [1.807, 2.05) is 34.6 Å². The third kappa shape index (κ3) is 2.32. The van der Waals surface area contributed by atoms with Crippen LogP contribution in [0.5, 0.6) is 5.75 Å². The van der Waals surface area contributed by atoms with Gasteiger partial charge in [0, 0.05) is 0 Å². The second-order valence-corrected chi connectivity index (χ2v) is 5.77. The molecule has 0 fully saturated rings. The molecule has 0 saturated carbocycles. The van der Waals surface area contributed by atoms with Crippen molar-refractivity contribution in [3.8, 4) is 5.75 Å². The molecule has 0 heterocycles. The highest BCUT2D eigenvalue weighted by Crippen LogP contribution is 2.39. The molecule has 1 rings (SSSR count). The molecule has 0 atom stereocenters. The van der Waals surface area contributed by atoms with Gasteiger partial charge in [-0.1, -0.05) is 46.2 Å². The fourth-order valence-electron chi connectivity index (χ4n) is 1.62. The molecule has 1 aromatic rings. The van der Waals surface area contributed by atoms with E-state index in [-0.39, 0.29) is 22.1 Å². The standard InChI is InChI=1S/C13H18ClFO/c1-7(2)8-6-9(13(3,4)5)10(14)11(15)12(8)16/h6-7,16H,1-5H3. The zero-order valence-corrected chi connectivity index (χ0v) is 11.1. The summed E-state index contributed by atoms with van der Waals surface area (Å²) in [6, 6.07) is 1.80. The van der Waals surface area contributed by atoms with E-state index in [0.29, 0.717) is 5.56 Å². The summed E-state index contributed by atoms with van der Waals surface area (Å²) in [5.41, 5.74) is 1.09. The van der Waals surface area contributed by atoms with Gasteiger partial charge in [0.2, 0.25) is 0 Å². The number of halogens is 2. The molecule has 16 heavy (non-hydrogen) atoms. The Balaban J connectivity index is 3.54. The Hall–Kier alpha value is -0.760. The monoisotopic (exact) mass is 244 g/mol. The molecule has 0 aromatic heterocycles. The van der Waals surface area contributed by atoms with Gasteiger partial charge in [0.05, 0.1) is 5.02 Å². The summed E-state index contributed by atoms with van der Waals surface area (Å²) in [6.07, 6.45) is 0. The van der Waals surface area contributed by atoms with Crippen molar-refractivity contribution in [2.75, 3.05) is 0 Å². The van der Waals surface area contributed by atoms with Crippen molar-refractivity contribution < 1.29 is 9.50 Å². The zero-order chi connectivity index (χ0) is 12.7. The second kappa shape index (κ2) is 4.25. The van der Waals surface area contributed by atoms with Crippen LogP contribution in [0.15, 0.2) is 6.07 Å². The zero-order valence-electron chi connectivity index (χ0n) is 10.4. The van der Waals surface area contributed by atoms with Crippen molar-refractivity contribution in [1.29, 1.82) is 0 Å². The quantitative estimate of drug-likeness (QED) is 0.765. The largest absolute Gasteiger partial charge is 0.505 e. The first-order chi connectivity index (χ1) is 7.16. The highest BCUT2D eigenvalue weighted by Gasteiger charge is 2.24. The lowest BCUT2D eigenvalue weighted by atomic mass is 9.84. The molecule has 1 N–H and O–H groups in total. The number of hydrogen-bond donors (Lipinski definition) is 1. The molecule has 0 radical (unpaired) electrons. The molecule has 1 aromatic carbocycles. The highest BCUT2D eigenvalue weighted by molar-refractivity contribution is 6.31. The maximum absolute atomic E-state index is 13.8. The molecule has 0 bridgehead atoms. The van der Waals surface area contributed by atoms with Crippen LogP contribution in [0, 0.1) is 5.82 Å². The number of hydrogen-bond acceptors (Lipinski definition) is 1. The van der Waals surface area contributed by atoms with Gasteiger partial charge in [0.25, 0.3) is 0 Å². The Morgan fingerprint density at radius 3 is 2.19 bits per heavy atom. The summed E-state index contributed by atoms with van der Waals surface area (Å²) in [4.78, 5) is 0. The minimum absolute atomic E-state index is 0.0226. The molecule has 0 aliphatic carbocycles. The van der Waals surface area contributed by atoms with Gasteiger partial charge in [-0.25, -0.2) is 4.39 Å². The third-order valence-electron chi connectivity index (χ3n) is 2.64. The summed E-state index contributed by atoms with van der Waals surface area (Å²) in [6.45, 7) is 9.72. The predicted molar refractivity (Wildman–Crippen MR) is 65.9 cm³/mol.